The molecule has 2 rings (SSSR count). The van der Waals surface area contributed by atoms with Crippen LogP contribution in [-0.4, -0.2) is 48.0 Å². The van der Waals surface area contributed by atoms with Crippen molar-refractivity contribution in [2.75, 3.05) is 37.8 Å². The number of hydrogen-bond donors (Lipinski definition) is 2. The van der Waals surface area contributed by atoms with E-state index in [0.29, 0.717) is 11.5 Å². The van der Waals surface area contributed by atoms with Crippen LogP contribution >= 0.6 is 0 Å². The molecule has 122 valence electrons. The normalized spacial score (nSPS) is 10.7. The van der Waals surface area contributed by atoms with Crippen LogP contribution in [0.15, 0.2) is 30.6 Å². The number of benzene rings is 1. The van der Waals surface area contributed by atoms with Crippen LogP contribution in [0.3, 0.4) is 0 Å². The minimum Gasteiger partial charge on any atom is -0.369 e. The maximum absolute atomic E-state index is 12.4. The van der Waals surface area contributed by atoms with Crippen molar-refractivity contribution in [2.45, 2.75) is 13.8 Å². The van der Waals surface area contributed by atoms with Gasteiger partial charge in [0.15, 0.2) is 0 Å². The van der Waals surface area contributed by atoms with Gasteiger partial charge in [0.1, 0.15) is 17.8 Å². The Morgan fingerprint density at radius 1 is 1.22 bits per heavy atom. The molecule has 0 unspecified atom stereocenters. The summed E-state index contributed by atoms with van der Waals surface area (Å²) in [5.74, 6) is 0.407. The Hall–Kier alpha value is -2.47. The van der Waals surface area contributed by atoms with Crippen LogP contribution in [0, 0.1) is 13.8 Å². The first-order valence-corrected chi connectivity index (χ1v) is 7.55. The molecule has 1 heterocycles. The van der Waals surface area contributed by atoms with Crippen LogP contribution < -0.4 is 10.6 Å². The number of carbonyl (C=O) groups is 1. The highest BCUT2D eigenvalue weighted by atomic mass is 16.1. The molecular formula is C17H23N5O. The van der Waals surface area contributed by atoms with Crippen molar-refractivity contribution >= 4 is 17.4 Å². The number of hydrogen-bond acceptors (Lipinski definition) is 5. The summed E-state index contributed by atoms with van der Waals surface area (Å²) in [5.41, 5.74) is 3.33. The summed E-state index contributed by atoms with van der Waals surface area (Å²) < 4.78 is 0. The second-order valence-electron chi connectivity index (χ2n) is 5.72. The fraction of sp³-hybridized carbons (Fsp3) is 0.353. The van der Waals surface area contributed by atoms with Gasteiger partial charge in [0, 0.05) is 24.8 Å². The van der Waals surface area contributed by atoms with Gasteiger partial charge in [0.25, 0.3) is 5.91 Å². The molecule has 0 saturated heterocycles. The van der Waals surface area contributed by atoms with Crippen LogP contribution in [0.1, 0.15) is 21.6 Å². The predicted octanol–water partition coefficient (Wildman–Crippen LogP) is 2.32. The van der Waals surface area contributed by atoms with Crippen molar-refractivity contribution in [3.63, 3.8) is 0 Å². The van der Waals surface area contributed by atoms with Crippen molar-refractivity contribution in [1.29, 1.82) is 0 Å². The van der Waals surface area contributed by atoms with Crippen molar-refractivity contribution in [1.82, 2.24) is 14.9 Å². The number of likely N-dealkylation sites (N-methyl/N-ethyl adjacent to an activating group) is 1. The maximum atomic E-state index is 12.4. The van der Waals surface area contributed by atoms with Crippen LogP contribution in [0.4, 0.5) is 11.5 Å². The van der Waals surface area contributed by atoms with E-state index >= 15 is 0 Å². The standard InChI is InChI=1S/C17H23N5O/c1-12-6-5-7-14(13(12)2)21-17(23)15-10-16(20-11-19-15)18-8-9-22(3)4/h5-7,10-11H,8-9H2,1-4H3,(H,21,23)(H,18,19,20). The Labute approximate surface area is 137 Å². The lowest BCUT2D eigenvalue weighted by molar-refractivity contribution is 0.102. The summed E-state index contributed by atoms with van der Waals surface area (Å²) in [6.45, 7) is 5.64. The van der Waals surface area contributed by atoms with Crippen LogP contribution in [-0.2, 0) is 0 Å². The predicted molar refractivity (Wildman–Crippen MR) is 92.9 cm³/mol. The van der Waals surface area contributed by atoms with Gasteiger partial charge >= 0.3 is 0 Å². The molecule has 0 atom stereocenters. The molecule has 0 saturated carbocycles. The van der Waals surface area contributed by atoms with E-state index in [2.05, 4.69) is 25.5 Å². The molecule has 1 aromatic carbocycles. The Morgan fingerprint density at radius 3 is 2.74 bits per heavy atom. The first-order chi connectivity index (χ1) is 11.0. The van der Waals surface area contributed by atoms with Gasteiger partial charge in [0.2, 0.25) is 0 Å². The van der Waals surface area contributed by atoms with E-state index in [1.165, 1.54) is 6.33 Å². The molecule has 1 aromatic heterocycles. The van der Waals surface area contributed by atoms with Gasteiger partial charge in [-0.3, -0.25) is 4.79 Å². The highest BCUT2D eigenvalue weighted by Gasteiger charge is 2.11. The number of carbonyl (C=O) groups excluding carboxylic acids is 1. The van der Waals surface area contributed by atoms with Gasteiger partial charge in [0.05, 0.1) is 0 Å². The van der Waals surface area contributed by atoms with Crippen LogP contribution in [0.5, 0.6) is 0 Å². The lowest BCUT2D eigenvalue weighted by Crippen LogP contribution is -2.21. The van der Waals surface area contributed by atoms with E-state index in [0.717, 1.165) is 29.9 Å². The first-order valence-electron chi connectivity index (χ1n) is 7.55. The Kier molecular flexibility index (Phi) is 5.65. The van der Waals surface area contributed by atoms with Crippen molar-refractivity contribution in [2.24, 2.45) is 0 Å². The topological polar surface area (TPSA) is 70.2 Å². The van der Waals surface area contributed by atoms with Gasteiger partial charge in [-0.15, -0.1) is 0 Å². The van der Waals surface area contributed by atoms with E-state index in [-0.39, 0.29) is 5.91 Å². The monoisotopic (exact) mass is 313 g/mol. The van der Waals surface area contributed by atoms with Gasteiger partial charge in [-0.05, 0) is 45.1 Å². The molecule has 0 radical (unpaired) electrons. The number of nitrogens with zero attached hydrogens (tertiary/aromatic N) is 3. The third kappa shape index (κ3) is 4.75. The number of amides is 1. The highest BCUT2D eigenvalue weighted by molar-refractivity contribution is 6.03. The van der Waals surface area contributed by atoms with E-state index < -0.39 is 0 Å². The van der Waals surface area contributed by atoms with Gasteiger partial charge in [-0.2, -0.15) is 0 Å². The van der Waals surface area contributed by atoms with Crippen LogP contribution in [0.25, 0.3) is 0 Å². The molecule has 0 aliphatic carbocycles. The second-order valence-corrected chi connectivity index (χ2v) is 5.72. The molecule has 0 spiro atoms. The lowest BCUT2D eigenvalue weighted by Gasteiger charge is -2.12. The molecule has 0 aliphatic heterocycles. The Bertz CT molecular complexity index is 684. The van der Waals surface area contributed by atoms with Crippen molar-refractivity contribution in [3.8, 4) is 0 Å². The fourth-order valence-corrected chi connectivity index (χ4v) is 2.06. The maximum Gasteiger partial charge on any atom is 0.274 e. The van der Waals surface area contributed by atoms with Crippen molar-refractivity contribution in [3.05, 3.63) is 47.4 Å². The third-order valence-corrected chi connectivity index (χ3v) is 3.62. The third-order valence-electron chi connectivity index (χ3n) is 3.62. The number of nitrogens with one attached hydrogen (secondary N) is 2. The minimum atomic E-state index is -0.239. The molecule has 0 aliphatic rings. The zero-order valence-corrected chi connectivity index (χ0v) is 14.1. The van der Waals surface area contributed by atoms with E-state index in [9.17, 15) is 4.79 Å². The molecule has 2 aromatic rings. The lowest BCUT2D eigenvalue weighted by atomic mass is 10.1. The van der Waals surface area contributed by atoms with E-state index in [4.69, 9.17) is 0 Å². The average Bonchev–Trinajstić information content (AvgIpc) is 2.52. The molecular weight excluding hydrogens is 290 g/mol. The van der Waals surface area contributed by atoms with Crippen molar-refractivity contribution < 1.29 is 4.79 Å². The number of rotatable bonds is 6. The fourth-order valence-electron chi connectivity index (χ4n) is 2.06. The molecule has 6 heteroatoms. The molecule has 0 fully saturated rings. The molecule has 0 bridgehead atoms. The molecule has 2 N–H and O–H groups in total. The second kappa shape index (κ2) is 7.69. The zero-order chi connectivity index (χ0) is 16.8. The molecule has 1 amide bonds. The number of aryl methyl sites for hydroxylation is 1. The van der Waals surface area contributed by atoms with E-state index in [1.54, 1.807) is 6.07 Å². The summed E-state index contributed by atoms with van der Waals surface area (Å²) >= 11 is 0. The van der Waals surface area contributed by atoms with Crippen LogP contribution in [0.2, 0.25) is 0 Å². The Balaban J connectivity index is 2.06. The van der Waals surface area contributed by atoms with Gasteiger partial charge in [-0.25, -0.2) is 9.97 Å². The quantitative estimate of drug-likeness (QED) is 0.856. The zero-order valence-electron chi connectivity index (χ0n) is 14.1. The summed E-state index contributed by atoms with van der Waals surface area (Å²) in [6, 6.07) is 7.49. The SMILES string of the molecule is Cc1cccc(NC(=O)c2cc(NCCN(C)C)ncn2)c1C. The summed E-state index contributed by atoms with van der Waals surface area (Å²) in [6.07, 6.45) is 1.40. The van der Waals surface area contributed by atoms with Gasteiger partial charge < -0.3 is 15.5 Å². The average molecular weight is 313 g/mol. The smallest absolute Gasteiger partial charge is 0.274 e. The Morgan fingerprint density at radius 2 is 2.00 bits per heavy atom. The molecule has 6 nitrogen and oxygen atoms in total. The first kappa shape index (κ1) is 16.9. The molecule has 23 heavy (non-hydrogen) atoms. The minimum absolute atomic E-state index is 0.239. The largest absolute Gasteiger partial charge is 0.369 e. The number of aromatic nitrogens is 2. The van der Waals surface area contributed by atoms with E-state index in [1.807, 2.05) is 46.1 Å². The highest BCUT2D eigenvalue weighted by Crippen LogP contribution is 2.18. The van der Waals surface area contributed by atoms with Gasteiger partial charge in [-0.1, -0.05) is 12.1 Å². The summed E-state index contributed by atoms with van der Waals surface area (Å²) in [7, 11) is 4.01. The summed E-state index contributed by atoms with van der Waals surface area (Å²) in [4.78, 5) is 22.6. The summed E-state index contributed by atoms with van der Waals surface area (Å²) in [5, 5.41) is 6.09. The number of anilines is 2.